The summed E-state index contributed by atoms with van der Waals surface area (Å²) >= 11 is 1.16. The molecule has 10 heteroatoms. The molecule has 5 rings (SSSR count). The lowest BCUT2D eigenvalue weighted by Gasteiger charge is -2.19. The first-order valence-corrected chi connectivity index (χ1v) is 11.6. The number of carbonyl (C=O) groups is 1. The molecule has 0 radical (unpaired) electrons. The Kier molecular flexibility index (Phi) is 5.89. The maximum atomic E-state index is 13.2. The first-order valence-electron chi connectivity index (χ1n) is 10.6. The van der Waals surface area contributed by atoms with Crippen molar-refractivity contribution in [3.63, 3.8) is 0 Å². The largest absolute Gasteiger partial charge is 0.467 e. The molecule has 1 aliphatic rings. The van der Waals surface area contributed by atoms with Gasteiger partial charge < -0.3 is 10.3 Å². The highest BCUT2D eigenvalue weighted by molar-refractivity contribution is 7.99. The van der Waals surface area contributed by atoms with Gasteiger partial charge in [-0.3, -0.25) is 4.79 Å². The Bertz CT molecular complexity index is 1330. The number of hydrazone groups is 1. The first kappa shape index (κ1) is 21.9. The number of benzene rings is 2. The Morgan fingerprint density at radius 2 is 1.85 bits per heavy atom. The number of carbonyl (C=O) groups excluding carboxylic acids is 1. The van der Waals surface area contributed by atoms with Gasteiger partial charge in [0.15, 0.2) is 5.82 Å². The van der Waals surface area contributed by atoms with E-state index in [-0.39, 0.29) is 23.5 Å². The van der Waals surface area contributed by atoms with Crippen LogP contribution in [0.3, 0.4) is 0 Å². The number of furan rings is 1. The fourth-order valence-electron chi connectivity index (χ4n) is 3.73. The molecule has 2 N–H and O–H groups in total. The average Bonchev–Trinajstić information content (AvgIpc) is 3.59. The lowest BCUT2D eigenvalue weighted by molar-refractivity contribution is -0.130. The molecular weight excluding hydrogens is 455 g/mol. The summed E-state index contributed by atoms with van der Waals surface area (Å²) in [6.45, 7) is 2.02. The van der Waals surface area contributed by atoms with E-state index < -0.39 is 0 Å². The predicted molar refractivity (Wildman–Crippen MR) is 127 cm³/mol. The third-order valence-corrected chi connectivity index (χ3v) is 6.44. The van der Waals surface area contributed by atoms with Gasteiger partial charge in [-0.05, 0) is 48.9 Å². The second-order valence-electron chi connectivity index (χ2n) is 7.86. The second kappa shape index (κ2) is 9.14. The number of aromatic nitrogens is 3. The van der Waals surface area contributed by atoms with Gasteiger partial charge >= 0.3 is 0 Å². The van der Waals surface area contributed by atoms with E-state index in [4.69, 9.17) is 10.3 Å². The smallest absolute Gasteiger partial charge is 0.253 e. The number of rotatable bonds is 6. The molecule has 3 heterocycles. The number of thioether (sulfide) groups is 1. The molecule has 1 atom stereocenters. The average molecular weight is 477 g/mol. The van der Waals surface area contributed by atoms with Gasteiger partial charge in [-0.2, -0.15) is 5.10 Å². The molecule has 0 fully saturated rings. The SMILES string of the molecule is Cc1ccc(C2=NN(C(=O)CSc3nnc(-c4ccc(F)cc4)n3N)C(c3ccco3)C2)cc1. The Hall–Kier alpha value is -3.92. The van der Waals surface area contributed by atoms with Crippen LogP contribution in [-0.2, 0) is 4.79 Å². The lowest BCUT2D eigenvalue weighted by atomic mass is 10.0. The van der Waals surface area contributed by atoms with Crippen LogP contribution in [0.15, 0.2) is 81.6 Å². The number of nitrogens with zero attached hydrogens (tertiary/aromatic N) is 5. The van der Waals surface area contributed by atoms with Crippen molar-refractivity contribution in [1.29, 1.82) is 0 Å². The van der Waals surface area contributed by atoms with Crippen LogP contribution >= 0.6 is 11.8 Å². The number of nitrogen functional groups attached to an aromatic ring is 1. The van der Waals surface area contributed by atoms with Gasteiger partial charge in [0.05, 0.1) is 17.7 Å². The van der Waals surface area contributed by atoms with E-state index in [0.717, 1.165) is 28.6 Å². The van der Waals surface area contributed by atoms with E-state index >= 15 is 0 Å². The van der Waals surface area contributed by atoms with Crippen LogP contribution in [-0.4, -0.2) is 37.3 Å². The normalized spacial score (nSPS) is 15.5. The fraction of sp³-hybridized carbons (Fsp3) is 0.167. The van der Waals surface area contributed by atoms with E-state index in [2.05, 4.69) is 15.3 Å². The first-order chi connectivity index (χ1) is 16.5. The third-order valence-electron chi connectivity index (χ3n) is 5.51. The van der Waals surface area contributed by atoms with Crippen molar-refractivity contribution in [3.05, 3.63) is 89.6 Å². The summed E-state index contributed by atoms with van der Waals surface area (Å²) in [6.07, 6.45) is 2.14. The lowest BCUT2D eigenvalue weighted by Crippen LogP contribution is -2.28. The van der Waals surface area contributed by atoms with Crippen LogP contribution in [0.1, 0.15) is 29.3 Å². The molecule has 1 aliphatic heterocycles. The minimum absolute atomic E-state index is 0.0562. The number of amides is 1. The van der Waals surface area contributed by atoms with Crippen LogP contribution in [0, 0.1) is 12.7 Å². The molecule has 0 spiro atoms. The second-order valence-corrected chi connectivity index (χ2v) is 8.80. The zero-order chi connectivity index (χ0) is 23.7. The number of hydrogen-bond donors (Lipinski definition) is 1. The minimum Gasteiger partial charge on any atom is -0.467 e. The van der Waals surface area contributed by atoms with E-state index in [1.165, 1.54) is 21.8 Å². The van der Waals surface area contributed by atoms with Crippen LogP contribution in [0.4, 0.5) is 4.39 Å². The van der Waals surface area contributed by atoms with Crippen molar-refractivity contribution in [3.8, 4) is 11.4 Å². The Morgan fingerprint density at radius 1 is 1.12 bits per heavy atom. The summed E-state index contributed by atoms with van der Waals surface area (Å²) in [7, 11) is 0. The van der Waals surface area contributed by atoms with Crippen molar-refractivity contribution >= 4 is 23.4 Å². The fourth-order valence-corrected chi connectivity index (χ4v) is 4.44. The molecule has 172 valence electrons. The molecule has 0 aliphatic carbocycles. The maximum absolute atomic E-state index is 13.2. The van der Waals surface area contributed by atoms with Gasteiger partial charge in [0, 0.05) is 12.0 Å². The quantitative estimate of drug-likeness (QED) is 0.331. The highest BCUT2D eigenvalue weighted by Gasteiger charge is 2.35. The minimum atomic E-state index is -0.352. The molecular formula is C24H21FN6O2S. The monoisotopic (exact) mass is 476 g/mol. The summed E-state index contributed by atoms with van der Waals surface area (Å²) in [5.41, 5.74) is 3.57. The third kappa shape index (κ3) is 4.32. The number of aryl methyl sites for hydroxylation is 1. The van der Waals surface area contributed by atoms with Crippen molar-refractivity contribution in [1.82, 2.24) is 19.9 Å². The molecule has 2 aromatic carbocycles. The molecule has 0 saturated heterocycles. The highest BCUT2D eigenvalue weighted by atomic mass is 32.2. The van der Waals surface area contributed by atoms with Crippen molar-refractivity contribution < 1.29 is 13.6 Å². The topological polar surface area (TPSA) is 103 Å². The summed E-state index contributed by atoms with van der Waals surface area (Å²) in [5.74, 6) is 6.68. The van der Waals surface area contributed by atoms with E-state index in [1.54, 1.807) is 24.5 Å². The molecule has 8 nitrogen and oxygen atoms in total. The van der Waals surface area contributed by atoms with Crippen LogP contribution in [0.2, 0.25) is 0 Å². The van der Waals surface area contributed by atoms with Crippen molar-refractivity contribution in [2.75, 3.05) is 11.6 Å². The van der Waals surface area contributed by atoms with Gasteiger partial charge in [0.25, 0.3) is 5.91 Å². The zero-order valence-corrected chi connectivity index (χ0v) is 19.1. The van der Waals surface area contributed by atoms with Gasteiger partial charge in [-0.1, -0.05) is 41.6 Å². The number of hydrogen-bond acceptors (Lipinski definition) is 7. The molecule has 34 heavy (non-hydrogen) atoms. The predicted octanol–water partition coefficient (Wildman–Crippen LogP) is 4.17. The van der Waals surface area contributed by atoms with Crippen molar-refractivity contribution in [2.24, 2.45) is 5.10 Å². The maximum Gasteiger partial charge on any atom is 0.253 e. The number of halogens is 1. The molecule has 4 aromatic rings. The summed E-state index contributed by atoms with van der Waals surface area (Å²) < 4.78 is 20.1. The standard InChI is InChI=1S/C24H21FN6O2S/c1-15-4-6-16(7-5-15)19-13-20(21-3-2-12-33-21)31(29-19)22(32)14-34-24-28-27-23(30(24)26)17-8-10-18(25)11-9-17/h2-12,20H,13-14,26H2,1H3. The van der Waals surface area contributed by atoms with Crippen LogP contribution in [0.5, 0.6) is 0 Å². The highest BCUT2D eigenvalue weighted by Crippen LogP contribution is 2.34. The molecule has 0 saturated carbocycles. The van der Waals surface area contributed by atoms with Gasteiger partial charge in [-0.15, -0.1) is 10.2 Å². The zero-order valence-electron chi connectivity index (χ0n) is 18.3. The number of nitrogens with two attached hydrogens (primary N) is 1. The van der Waals surface area contributed by atoms with Gasteiger partial charge in [0.2, 0.25) is 5.16 Å². The summed E-state index contributed by atoms with van der Waals surface area (Å²) in [6, 6.07) is 17.2. The Morgan fingerprint density at radius 3 is 2.56 bits per heavy atom. The Balaban J connectivity index is 1.34. The van der Waals surface area contributed by atoms with E-state index in [1.807, 2.05) is 37.3 Å². The Labute approximate surface area is 199 Å². The molecule has 2 aromatic heterocycles. The molecule has 1 unspecified atom stereocenters. The van der Waals surface area contributed by atoms with E-state index in [0.29, 0.717) is 28.7 Å². The van der Waals surface area contributed by atoms with Crippen LogP contribution < -0.4 is 5.84 Å². The summed E-state index contributed by atoms with van der Waals surface area (Å²) in [5, 5.41) is 14.6. The molecule has 0 bridgehead atoms. The molecule has 1 amide bonds. The van der Waals surface area contributed by atoms with E-state index in [9.17, 15) is 9.18 Å². The van der Waals surface area contributed by atoms with Crippen molar-refractivity contribution in [2.45, 2.75) is 24.5 Å². The van der Waals surface area contributed by atoms with Gasteiger partial charge in [-0.25, -0.2) is 14.1 Å². The summed E-state index contributed by atoms with van der Waals surface area (Å²) in [4.78, 5) is 13.2. The van der Waals surface area contributed by atoms with Gasteiger partial charge in [0.1, 0.15) is 17.6 Å². The van der Waals surface area contributed by atoms with Crippen LogP contribution in [0.25, 0.3) is 11.4 Å².